The lowest BCUT2D eigenvalue weighted by Crippen LogP contribution is -2.16. The molecule has 0 N–H and O–H groups in total. The number of nitrogens with zero attached hydrogens (tertiary/aromatic N) is 3. The Hall–Kier alpha value is -2.22. The van der Waals surface area contributed by atoms with E-state index in [1.54, 1.807) is 5.51 Å². The van der Waals surface area contributed by atoms with E-state index in [0.717, 1.165) is 4.83 Å². The maximum atomic E-state index is 12.2. The van der Waals surface area contributed by atoms with E-state index in [-0.39, 0.29) is 5.75 Å². The Kier molecular flexibility index (Phi) is 3.69. The van der Waals surface area contributed by atoms with E-state index in [4.69, 9.17) is 0 Å². The van der Waals surface area contributed by atoms with E-state index in [9.17, 15) is 13.2 Å². The number of aryl methyl sites for hydroxylation is 1. The second-order valence-electron chi connectivity index (χ2n) is 4.42. The van der Waals surface area contributed by atoms with Crippen LogP contribution in [0.15, 0.2) is 29.8 Å². The highest BCUT2D eigenvalue weighted by molar-refractivity contribution is 7.16. The maximum absolute atomic E-state index is 12.2. The van der Waals surface area contributed by atoms with Crippen molar-refractivity contribution in [3.8, 4) is 17.0 Å². The van der Waals surface area contributed by atoms with Gasteiger partial charge < -0.3 is 4.74 Å². The number of ether oxygens (including phenoxy) is 1. The van der Waals surface area contributed by atoms with Crippen molar-refractivity contribution in [1.29, 1.82) is 0 Å². The van der Waals surface area contributed by atoms with Gasteiger partial charge in [0.15, 0.2) is 0 Å². The van der Waals surface area contributed by atoms with Gasteiger partial charge in [0, 0.05) is 12.0 Å². The van der Waals surface area contributed by atoms with E-state index in [1.165, 1.54) is 35.6 Å². The summed E-state index contributed by atoms with van der Waals surface area (Å²) in [6.45, 7) is 1.94. The molecule has 0 radical (unpaired) electrons. The summed E-state index contributed by atoms with van der Waals surface area (Å²) in [5.74, 6) is 0.401. The van der Waals surface area contributed by atoms with Crippen LogP contribution < -0.4 is 4.74 Å². The molecule has 0 bridgehead atoms. The summed E-state index contributed by atoms with van der Waals surface area (Å²) in [5.41, 5.74) is 3.60. The number of hydrogen-bond acceptors (Lipinski definition) is 5. The lowest BCUT2D eigenvalue weighted by Gasteiger charge is -2.09. The summed E-state index contributed by atoms with van der Waals surface area (Å²) >= 11 is 1.40. The topological polar surface area (TPSA) is 47.9 Å². The van der Waals surface area contributed by atoms with Crippen LogP contribution in [0.1, 0.15) is 12.7 Å². The van der Waals surface area contributed by atoms with Gasteiger partial charge in [0.05, 0.1) is 5.51 Å². The Bertz CT molecular complexity index is 799. The molecule has 0 aliphatic heterocycles. The minimum atomic E-state index is -4.70. The number of benzene rings is 1. The zero-order valence-corrected chi connectivity index (χ0v) is 12.2. The largest absolute Gasteiger partial charge is 0.573 e. The number of alkyl halides is 3. The van der Waals surface area contributed by atoms with E-state index in [1.807, 2.05) is 6.92 Å². The highest BCUT2D eigenvalue weighted by atomic mass is 32.1. The van der Waals surface area contributed by atoms with Crippen LogP contribution >= 0.6 is 11.3 Å². The number of rotatable bonds is 3. The molecule has 2 aromatic heterocycles. The van der Waals surface area contributed by atoms with Gasteiger partial charge in [-0.25, -0.2) is 15.0 Å². The molecule has 0 fully saturated rings. The minimum absolute atomic E-state index is 0.268. The molecule has 0 atom stereocenters. The van der Waals surface area contributed by atoms with Crippen LogP contribution in [0.3, 0.4) is 0 Å². The zero-order valence-electron chi connectivity index (χ0n) is 11.4. The van der Waals surface area contributed by atoms with Crippen LogP contribution in [-0.4, -0.2) is 21.3 Å². The smallest absolute Gasteiger partial charge is 0.406 e. The monoisotopic (exact) mass is 325 g/mol. The molecule has 2 heterocycles. The molecule has 0 aliphatic rings. The first-order chi connectivity index (χ1) is 10.5. The SMILES string of the molecule is CCc1nc(-c2ccc(OC(F)(F)F)cc2)c2ncsc2n1. The molecule has 0 amide bonds. The van der Waals surface area contributed by atoms with E-state index in [2.05, 4.69) is 19.7 Å². The summed E-state index contributed by atoms with van der Waals surface area (Å²) < 4.78 is 40.4. The molecule has 0 unspecified atom stereocenters. The molecule has 114 valence electrons. The Balaban J connectivity index is 2.02. The van der Waals surface area contributed by atoms with Crippen LogP contribution in [0.5, 0.6) is 5.75 Å². The molecule has 0 aliphatic carbocycles. The molecule has 0 saturated carbocycles. The van der Waals surface area contributed by atoms with E-state index >= 15 is 0 Å². The highest BCUT2D eigenvalue weighted by Gasteiger charge is 2.31. The van der Waals surface area contributed by atoms with Crippen molar-refractivity contribution >= 4 is 21.7 Å². The summed E-state index contributed by atoms with van der Waals surface area (Å²) in [4.78, 5) is 13.8. The summed E-state index contributed by atoms with van der Waals surface area (Å²) in [6, 6.07) is 5.58. The molecule has 3 aromatic rings. The Morgan fingerprint density at radius 3 is 2.50 bits per heavy atom. The number of aromatic nitrogens is 3. The first kappa shape index (κ1) is 14.7. The zero-order chi connectivity index (χ0) is 15.7. The van der Waals surface area contributed by atoms with Gasteiger partial charge in [0.2, 0.25) is 0 Å². The first-order valence-corrected chi connectivity index (χ1v) is 7.30. The number of halogens is 3. The Labute approximate surface area is 127 Å². The van der Waals surface area contributed by atoms with Crippen molar-refractivity contribution in [1.82, 2.24) is 15.0 Å². The fraction of sp³-hybridized carbons (Fsp3) is 0.214. The van der Waals surface area contributed by atoms with E-state index in [0.29, 0.717) is 29.0 Å². The number of fused-ring (bicyclic) bond motifs is 1. The van der Waals surface area contributed by atoms with Gasteiger partial charge >= 0.3 is 6.36 Å². The predicted molar refractivity (Wildman–Crippen MR) is 76.7 cm³/mol. The molecule has 22 heavy (non-hydrogen) atoms. The van der Waals surface area contributed by atoms with Crippen molar-refractivity contribution in [2.75, 3.05) is 0 Å². The van der Waals surface area contributed by atoms with Gasteiger partial charge in [-0.15, -0.1) is 24.5 Å². The molecule has 0 saturated heterocycles. The van der Waals surface area contributed by atoms with Crippen molar-refractivity contribution in [3.05, 3.63) is 35.6 Å². The summed E-state index contributed by atoms with van der Waals surface area (Å²) in [6.07, 6.45) is -4.04. The molecule has 1 aromatic carbocycles. The van der Waals surface area contributed by atoms with Crippen LogP contribution in [0.25, 0.3) is 21.6 Å². The highest BCUT2D eigenvalue weighted by Crippen LogP contribution is 2.30. The lowest BCUT2D eigenvalue weighted by atomic mass is 10.1. The molecule has 8 heteroatoms. The summed E-state index contributed by atoms with van der Waals surface area (Å²) in [5, 5.41) is 0. The fourth-order valence-electron chi connectivity index (χ4n) is 1.98. The standard InChI is InChI=1S/C14H10F3N3OS/c1-2-10-19-11(12-13(20-10)22-7-18-12)8-3-5-9(6-4-8)21-14(15,16)17/h3-7H,2H2,1H3. The van der Waals surface area contributed by atoms with Gasteiger partial charge in [0.1, 0.15) is 27.6 Å². The Morgan fingerprint density at radius 2 is 1.86 bits per heavy atom. The first-order valence-electron chi connectivity index (χ1n) is 6.42. The van der Waals surface area contributed by atoms with E-state index < -0.39 is 6.36 Å². The molecule has 3 rings (SSSR count). The molecule has 4 nitrogen and oxygen atoms in total. The average molecular weight is 325 g/mol. The average Bonchev–Trinajstić information content (AvgIpc) is 2.93. The molecular weight excluding hydrogens is 315 g/mol. The number of hydrogen-bond donors (Lipinski definition) is 0. The maximum Gasteiger partial charge on any atom is 0.573 e. The van der Waals surface area contributed by atoms with Gasteiger partial charge in [-0.2, -0.15) is 0 Å². The second-order valence-corrected chi connectivity index (χ2v) is 5.25. The third kappa shape index (κ3) is 3.01. The quantitative estimate of drug-likeness (QED) is 0.723. The van der Waals surface area contributed by atoms with Gasteiger partial charge in [-0.3, -0.25) is 0 Å². The van der Waals surface area contributed by atoms with Crippen LogP contribution in [0, 0.1) is 0 Å². The minimum Gasteiger partial charge on any atom is -0.406 e. The van der Waals surface area contributed by atoms with Crippen LogP contribution in [0.2, 0.25) is 0 Å². The van der Waals surface area contributed by atoms with Gasteiger partial charge in [0.25, 0.3) is 0 Å². The second kappa shape index (κ2) is 5.53. The van der Waals surface area contributed by atoms with Crippen molar-refractivity contribution in [2.45, 2.75) is 19.7 Å². The van der Waals surface area contributed by atoms with Crippen molar-refractivity contribution in [2.24, 2.45) is 0 Å². The van der Waals surface area contributed by atoms with Crippen LogP contribution in [-0.2, 0) is 6.42 Å². The predicted octanol–water partition coefficient (Wildman–Crippen LogP) is 4.21. The molecular formula is C14H10F3N3OS. The summed E-state index contributed by atoms with van der Waals surface area (Å²) in [7, 11) is 0. The Morgan fingerprint density at radius 1 is 1.14 bits per heavy atom. The third-order valence-electron chi connectivity index (χ3n) is 2.92. The molecule has 0 spiro atoms. The van der Waals surface area contributed by atoms with Crippen LogP contribution in [0.4, 0.5) is 13.2 Å². The van der Waals surface area contributed by atoms with Crippen molar-refractivity contribution in [3.63, 3.8) is 0 Å². The number of thiazole rings is 1. The van der Waals surface area contributed by atoms with Gasteiger partial charge in [-0.05, 0) is 24.3 Å². The lowest BCUT2D eigenvalue weighted by molar-refractivity contribution is -0.274. The third-order valence-corrected chi connectivity index (χ3v) is 3.64. The van der Waals surface area contributed by atoms with Crippen molar-refractivity contribution < 1.29 is 17.9 Å². The normalized spacial score (nSPS) is 11.8. The van der Waals surface area contributed by atoms with Gasteiger partial charge in [-0.1, -0.05) is 6.92 Å². The fourth-order valence-corrected chi connectivity index (χ4v) is 2.66.